The first-order chi connectivity index (χ1) is 17.4. The Balaban J connectivity index is 0.000000717. The smallest absolute Gasteiger partial charge is 0.414 e. The molecule has 0 saturated heterocycles. The van der Waals surface area contributed by atoms with E-state index < -0.39 is 18.0 Å². The van der Waals surface area contributed by atoms with Crippen LogP contribution in [-0.4, -0.2) is 56.8 Å². The molecule has 1 atom stereocenters. The number of pyridine rings is 1. The third kappa shape index (κ3) is 8.38. The number of nitrogens with zero attached hydrogens (tertiary/aromatic N) is 2. The van der Waals surface area contributed by atoms with Gasteiger partial charge in [0.2, 0.25) is 0 Å². The van der Waals surface area contributed by atoms with Gasteiger partial charge in [-0.25, -0.2) is 9.59 Å². The summed E-state index contributed by atoms with van der Waals surface area (Å²) in [7, 11) is 0. The van der Waals surface area contributed by atoms with Crippen molar-refractivity contribution in [1.82, 2.24) is 9.88 Å². The fourth-order valence-electron chi connectivity index (χ4n) is 4.09. The molecule has 7 nitrogen and oxygen atoms in total. The number of carboxylic acid groups (broad SMARTS) is 2. The van der Waals surface area contributed by atoms with Crippen molar-refractivity contribution < 1.29 is 24.9 Å². The van der Waals surface area contributed by atoms with Gasteiger partial charge in [-0.05, 0) is 43.6 Å². The Morgan fingerprint density at radius 1 is 0.946 bits per heavy atom. The lowest BCUT2D eigenvalue weighted by molar-refractivity contribution is -0.159. The van der Waals surface area contributed by atoms with Crippen molar-refractivity contribution >= 4 is 45.2 Å². The predicted octanol–water partition coefficient (Wildman–Crippen LogP) is 6.43. The molecule has 3 rings (SSSR count). The average molecular weight is 531 g/mol. The highest BCUT2D eigenvalue weighted by Gasteiger charge is 2.23. The molecule has 0 aliphatic heterocycles. The number of aliphatic carboxylic acids is 2. The van der Waals surface area contributed by atoms with Crippen LogP contribution in [0.1, 0.15) is 77.7 Å². The number of fused-ring (bicyclic) bond motifs is 3. The molecule has 0 bridgehead atoms. The third-order valence-corrected chi connectivity index (χ3v) is 6.51. The largest absolute Gasteiger partial charge is 0.473 e. The van der Waals surface area contributed by atoms with Crippen LogP contribution >= 0.6 is 11.6 Å². The molecular formula is C29H39ClN2O5. The summed E-state index contributed by atoms with van der Waals surface area (Å²) in [5.41, 5.74) is 2.74. The summed E-state index contributed by atoms with van der Waals surface area (Å²) >= 11 is 6.67. The van der Waals surface area contributed by atoms with E-state index in [9.17, 15) is 5.11 Å². The van der Waals surface area contributed by atoms with Crippen LogP contribution in [0.3, 0.4) is 0 Å². The van der Waals surface area contributed by atoms with E-state index in [-0.39, 0.29) is 5.41 Å². The topological polar surface area (TPSA) is 111 Å². The summed E-state index contributed by atoms with van der Waals surface area (Å²) in [6, 6.07) is 12.2. The third-order valence-electron chi connectivity index (χ3n) is 6.20. The van der Waals surface area contributed by atoms with Gasteiger partial charge in [-0.2, -0.15) is 0 Å². The minimum Gasteiger partial charge on any atom is -0.473 e. The van der Waals surface area contributed by atoms with Crippen LogP contribution < -0.4 is 0 Å². The van der Waals surface area contributed by atoms with Crippen LogP contribution in [0, 0.1) is 0 Å². The van der Waals surface area contributed by atoms with Gasteiger partial charge in [0, 0.05) is 38.8 Å². The Kier molecular flexibility index (Phi) is 11.3. The fraction of sp³-hybridized carbons (Fsp3) is 0.483. The molecule has 3 N–H and O–H groups in total. The number of rotatable bonds is 9. The molecule has 0 aliphatic rings. The second-order valence-electron chi connectivity index (χ2n) is 10.3. The Morgan fingerprint density at radius 2 is 1.49 bits per heavy atom. The number of unbranched alkanes of at least 4 members (excludes halogenated alkanes) is 2. The van der Waals surface area contributed by atoms with E-state index in [0.29, 0.717) is 11.6 Å². The molecule has 1 aromatic heterocycles. The lowest BCUT2D eigenvalue weighted by Gasteiger charge is -2.27. The van der Waals surface area contributed by atoms with Gasteiger partial charge in [0.15, 0.2) is 0 Å². The number of aliphatic hydroxyl groups excluding tert-OH is 1. The van der Waals surface area contributed by atoms with E-state index in [2.05, 4.69) is 51.7 Å². The molecule has 0 fully saturated rings. The molecule has 0 spiro atoms. The second-order valence-corrected chi connectivity index (χ2v) is 10.7. The lowest BCUT2D eigenvalue weighted by atomic mass is 9.88. The molecule has 2 aromatic carbocycles. The van der Waals surface area contributed by atoms with Crippen LogP contribution in [-0.2, 0) is 15.0 Å². The van der Waals surface area contributed by atoms with E-state index in [4.69, 9.17) is 36.4 Å². The Labute approximate surface area is 224 Å². The zero-order chi connectivity index (χ0) is 27.8. The summed E-state index contributed by atoms with van der Waals surface area (Å²) < 4.78 is 0. The number of benzene rings is 2. The number of hydrogen-bond donors (Lipinski definition) is 3. The zero-order valence-electron chi connectivity index (χ0n) is 22.4. The molecular weight excluding hydrogens is 492 g/mol. The Morgan fingerprint density at radius 3 is 1.97 bits per heavy atom. The number of aromatic nitrogens is 1. The summed E-state index contributed by atoms with van der Waals surface area (Å²) in [6.07, 6.45) is 4.03. The van der Waals surface area contributed by atoms with Gasteiger partial charge < -0.3 is 20.2 Å². The molecule has 1 heterocycles. The summed E-state index contributed by atoms with van der Waals surface area (Å²) in [5, 5.41) is 29.9. The highest BCUT2D eigenvalue weighted by Crippen LogP contribution is 2.36. The maximum absolute atomic E-state index is 11.4. The number of aliphatic hydroxyl groups is 1. The maximum Gasteiger partial charge on any atom is 0.414 e. The summed E-state index contributed by atoms with van der Waals surface area (Å²) in [6.45, 7) is 13.6. The summed E-state index contributed by atoms with van der Waals surface area (Å²) in [5.74, 6) is -3.65. The number of carboxylic acids is 2. The van der Waals surface area contributed by atoms with E-state index >= 15 is 0 Å². The molecule has 0 radical (unpaired) electrons. The van der Waals surface area contributed by atoms with Crippen molar-refractivity contribution in [2.75, 3.05) is 19.6 Å². The van der Waals surface area contributed by atoms with Crippen LogP contribution in [0.25, 0.3) is 21.7 Å². The highest BCUT2D eigenvalue weighted by atomic mass is 35.5. The van der Waals surface area contributed by atoms with Crippen molar-refractivity contribution in [2.45, 2.75) is 71.8 Å². The van der Waals surface area contributed by atoms with Gasteiger partial charge >= 0.3 is 11.9 Å². The van der Waals surface area contributed by atoms with Crippen molar-refractivity contribution in [2.24, 2.45) is 0 Å². The molecule has 0 amide bonds. The number of hydrogen-bond acceptors (Lipinski definition) is 5. The minimum atomic E-state index is -1.82. The van der Waals surface area contributed by atoms with Crippen molar-refractivity contribution in [3.8, 4) is 0 Å². The second kappa shape index (κ2) is 13.7. The number of halogens is 1. The number of carbonyl (C=O) groups is 2. The van der Waals surface area contributed by atoms with Gasteiger partial charge in [-0.15, -0.1) is 0 Å². The summed E-state index contributed by atoms with van der Waals surface area (Å²) in [4.78, 5) is 25.7. The first kappa shape index (κ1) is 30.5. The quantitative estimate of drug-likeness (QED) is 0.216. The Bertz CT molecular complexity index is 1200. The molecule has 0 aliphatic carbocycles. The molecule has 37 heavy (non-hydrogen) atoms. The fourth-order valence-corrected chi connectivity index (χ4v) is 4.37. The molecule has 8 heteroatoms. The predicted molar refractivity (Wildman–Crippen MR) is 149 cm³/mol. The molecule has 1 unspecified atom stereocenters. The molecule has 202 valence electrons. The highest BCUT2D eigenvalue weighted by molar-refractivity contribution is 6.37. The monoisotopic (exact) mass is 530 g/mol. The van der Waals surface area contributed by atoms with Gasteiger partial charge in [0.1, 0.15) is 0 Å². The van der Waals surface area contributed by atoms with Gasteiger partial charge in [0.05, 0.1) is 11.6 Å². The SMILES string of the molecule is CCCCN(CCCC)CC(O)c1cc(C(C)(C)C)nc2c1cc(Cl)c1ccccc12.O=C(O)C(=O)O. The lowest BCUT2D eigenvalue weighted by Crippen LogP contribution is -2.31. The van der Waals surface area contributed by atoms with Gasteiger partial charge in [0.25, 0.3) is 0 Å². The van der Waals surface area contributed by atoms with Crippen molar-refractivity contribution in [3.63, 3.8) is 0 Å². The zero-order valence-corrected chi connectivity index (χ0v) is 23.2. The Hall–Kier alpha value is -2.74. The van der Waals surface area contributed by atoms with E-state index in [1.165, 1.54) is 0 Å². The van der Waals surface area contributed by atoms with Crippen LogP contribution in [0.15, 0.2) is 36.4 Å². The van der Waals surface area contributed by atoms with Crippen LogP contribution in [0.2, 0.25) is 5.02 Å². The standard InChI is InChI=1S/C27H37ClN2O.C2H2O4/c1-6-8-14-30(15-9-7-2)18-24(31)21-17-25(27(3,4)5)29-26-20-13-11-10-12-19(20)23(28)16-22(21)26;3-1(4)2(5)6/h10-13,16-17,24,31H,6-9,14-15,18H2,1-5H3;(H,3,4)(H,5,6). The first-order valence-electron chi connectivity index (χ1n) is 12.8. The van der Waals surface area contributed by atoms with Gasteiger partial charge in [-0.1, -0.05) is 83.3 Å². The van der Waals surface area contributed by atoms with E-state index in [0.717, 1.165) is 71.7 Å². The van der Waals surface area contributed by atoms with Crippen LogP contribution in [0.4, 0.5) is 0 Å². The van der Waals surface area contributed by atoms with Crippen molar-refractivity contribution in [3.05, 3.63) is 52.7 Å². The van der Waals surface area contributed by atoms with Crippen LogP contribution in [0.5, 0.6) is 0 Å². The van der Waals surface area contributed by atoms with E-state index in [1.807, 2.05) is 24.3 Å². The average Bonchev–Trinajstić information content (AvgIpc) is 2.85. The first-order valence-corrected chi connectivity index (χ1v) is 13.2. The normalized spacial score (nSPS) is 12.4. The maximum atomic E-state index is 11.4. The van der Waals surface area contributed by atoms with Gasteiger partial charge in [-0.3, -0.25) is 4.98 Å². The molecule has 0 saturated carbocycles. The molecule has 3 aromatic rings. The minimum absolute atomic E-state index is 0.118. The van der Waals surface area contributed by atoms with E-state index in [1.54, 1.807) is 0 Å². The van der Waals surface area contributed by atoms with Crippen molar-refractivity contribution in [1.29, 1.82) is 0 Å².